The molecular formula is C12H14O3. The zero-order valence-electron chi connectivity index (χ0n) is 8.79. The van der Waals surface area contributed by atoms with Gasteiger partial charge in [0.25, 0.3) is 0 Å². The van der Waals surface area contributed by atoms with Gasteiger partial charge in [-0.15, -0.1) is 0 Å². The molecule has 0 radical (unpaired) electrons. The van der Waals surface area contributed by atoms with Crippen molar-refractivity contribution in [3.05, 3.63) is 23.7 Å². The zero-order chi connectivity index (χ0) is 10.8. The molecular weight excluding hydrogens is 192 g/mol. The minimum Gasteiger partial charge on any atom is -0.458 e. The Bertz CT molecular complexity index is 385. The van der Waals surface area contributed by atoms with Crippen molar-refractivity contribution in [1.29, 1.82) is 0 Å². The first kappa shape index (κ1) is 10.1. The summed E-state index contributed by atoms with van der Waals surface area (Å²) in [5, 5.41) is 0. The van der Waals surface area contributed by atoms with E-state index < -0.39 is 0 Å². The molecule has 1 aromatic rings. The highest BCUT2D eigenvalue weighted by Gasteiger charge is 2.27. The summed E-state index contributed by atoms with van der Waals surface area (Å²) < 4.78 is 5.18. The number of hydrogen-bond acceptors (Lipinski definition) is 3. The van der Waals surface area contributed by atoms with Crippen molar-refractivity contribution in [3.8, 4) is 0 Å². The number of carbonyl (C=O) groups is 2. The Morgan fingerprint density at radius 3 is 2.60 bits per heavy atom. The van der Waals surface area contributed by atoms with Crippen LogP contribution in [0.15, 0.2) is 16.5 Å². The van der Waals surface area contributed by atoms with Gasteiger partial charge in [0, 0.05) is 5.92 Å². The minimum atomic E-state index is -0.194. The van der Waals surface area contributed by atoms with E-state index >= 15 is 0 Å². The molecule has 0 aliphatic heterocycles. The molecule has 1 aliphatic carbocycles. The van der Waals surface area contributed by atoms with Crippen LogP contribution in [-0.4, -0.2) is 11.6 Å². The fraction of sp³-hybridized carbons (Fsp3) is 0.500. The molecule has 0 N–H and O–H groups in total. The van der Waals surface area contributed by atoms with Gasteiger partial charge in [-0.25, -0.2) is 0 Å². The second-order valence-corrected chi connectivity index (χ2v) is 4.10. The zero-order valence-corrected chi connectivity index (χ0v) is 8.79. The van der Waals surface area contributed by atoms with Crippen LogP contribution in [0.5, 0.6) is 0 Å². The molecule has 0 bridgehead atoms. The summed E-state index contributed by atoms with van der Waals surface area (Å²) in [7, 11) is 0. The van der Waals surface area contributed by atoms with E-state index in [4.69, 9.17) is 4.42 Å². The monoisotopic (exact) mass is 206 g/mol. The van der Waals surface area contributed by atoms with Gasteiger partial charge in [-0.05, 0) is 31.9 Å². The van der Waals surface area contributed by atoms with E-state index in [9.17, 15) is 9.59 Å². The molecule has 80 valence electrons. The van der Waals surface area contributed by atoms with Crippen molar-refractivity contribution in [2.24, 2.45) is 5.92 Å². The average Bonchev–Trinajstić information content (AvgIpc) is 2.48. The third-order valence-corrected chi connectivity index (χ3v) is 2.91. The van der Waals surface area contributed by atoms with Crippen LogP contribution in [-0.2, 0) is 4.79 Å². The normalized spacial score (nSPS) is 16.1. The maximum atomic E-state index is 11.6. The molecule has 0 atom stereocenters. The van der Waals surface area contributed by atoms with Gasteiger partial charge in [0.05, 0.1) is 6.42 Å². The topological polar surface area (TPSA) is 47.3 Å². The quantitative estimate of drug-likeness (QED) is 0.561. The third kappa shape index (κ3) is 2.17. The van der Waals surface area contributed by atoms with Crippen molar-refractivity contribution >= 4 is 11.6 Å². The summed E-state index contributed by atoms with van der Waals surface area (Å²) in [6.07, 6.45) is 3.01. The highest BCUT2D eigenvalue weighted by molar-refractivity contribution is 6.07. The Morgan fingerprint density at radius 1 is 1.40 bits per heavy atom. The van der Waals surface area contributed by atoms with Crippen LogP contribution >= 0.6 is 0 Å². The number of furan rings is 1. The molecule has 0 saturated heterocycles. The van der Waals surface area contributed by atoms with Crippen LogP contribution in [0.2, 0.25) is 0 Å². The Morgan fingerprint density at radius 2 is 2.13 bits per heavy atom. The van der Waals surface area contributed by atoms with Crippen molar-refractivity contribution in [1.82, 2.24) is 0 Å². The average molecular weight is 206 g/mol. The van der Waals surface area contributed by atoms with Crippen LogP contribution in [0.1, 0.15) is 42.0 Å². The summed E-state index contributed by atoms with van der Waals surface area (Å²) in [5.74, 6) is 1.01. The molecule has 0 unspecified atom stereocenters. The highest BCUT2D eigenvalue weighted by atomic mass is 16.3. The lowest BCUT2D eigenvalue weighted by Gasteiger charge is -2.23. The molecule has 0 aromatic carbocycles. The van der Waals surface area contributed by atoms with Crippen LogP contribution in [0.4, 0.5) is 0 Å². The van der Waals surface area contributed by atoms with E-state index in [1.54, 1.807) is 19.1 Å². The summed E-state index contributed by atoms with van der Waals surface area (Å²) in [4.78, 5) is 23.2. The van der Waals surface area contributed by atoms with Crippen LogP contribution in [0.25, 0.3) is 0 Å². The molecule has 2 rings (SSSR count). The summed E-state index contributed by atoms with van der Waals surface area (Å²) in [6.45, 7) is 1.78. The van der Waals surface area contributed by atoms with Gasteiger partial charge in [0.1, 0.15) is 11.5 Å². The molecule has 1 fully saturated rings. The highest BCUT2D eigenvalue weighted by Crippen LogP contribution is 2.28. The van der Waals surface area contributed by atoms with Crippen molar-refractivity contribution in [3.63, 3.8) is 0 Å². The van der Waals surface area contributed by atoms with E-state index in [0.29, 0.717) is 11.5 Å². The van der Waals surface area contributed by atoms with Crippen molar-refractivity contribution in [2.75, 3.05) is 0 Å². The van der Waals surface area contributed by atoms with Crippen molar-refractivity contribution in [2.45, 2.75) is 32.6 Å². The van der Waals surface area contributed by atoms with Crippen LogP contribution < -0.4 is 0 Å². The first-order chi connectivity index (χ1) is 7.16. The van der Waals surface area contributed by atoms with E-state index in [1.165, 1.54) is 0 Å². The number of hydrogen-bond donors (Lipinski definition) is 0. The predicted octanol–water partition coefficient (Wildman–Crippen LogP) is 2.53. The first-order valence-corrected chi connectivity index (χ1v) is 5.29. The molecule has 1 aromatic heterocycles. The Hall–Kier alpha value is -1.38. The van der Waals surface area contributed by atoms with Gasteiger partial charge in [0.15, 0.2) is 5.76 Å². The molecule has 3 nitrogen and oxygen atoms in total. The van der Waals surface area contributed by atoms with E-state index in [1.807, 2.05) is 0 Å². The summed E-state index contributed by atoms with van der Waals surface area (Å²) in [6, 6.07) is 3.37. The molecule has 1 saturated carbocycles. The molecule has 3 heteroatoms. The van der Waals surface area contributed by atoms with Gasteiger partial charge in [-0.1, -0.05) is 6.42 Å². The maximum absolute atomic E-state index is 11.6. The number of carbonyl (C=O) groups excluding carboxylic acids is 2. The van der Waals surface area contributed by atoms with E-state index in [-0.39, 0.29) is 23.9 Å². The van der Waals surface area contributed by atoms with Gasteiger partial charge < -0.3 is 4.42 Å². The SMILES string of the molecule is Cc1ccc(C(=O)CC(=O)C2CCC2)o1. The molecule has 0 amide bonds. The second kappa shape index (κ2) is 4.01. The Labute approximate surface area is 88.5 Å². The molecule has 1 aliphatic rings. The maximum Gasteiger partial charge on any atom is 0.205 e. The number of ketones is 2. The van der Waals surface area contributed by atoms with Crippen LogP contribution in [0.3, 0.4) is 0 Å². The summed E-state index contributed by atoms with van der Waals surface area (Å²) in [5.41, 5.74) is 0. The summed E-state index contributed by atoms with van der Waals surface area (Å²) >= 11 is 0. The Kier molecular flexibility index (Phi) is 2.71. The van der Waals surface area contributed by atoms with Gasteiger partial charge in [-0.3, -0.25) is 9.59 Å². The largest absolute Gasteiger partial charge is 0.458 e. The first-order valence-electron chi connectivity index (χ1n) is 5.29. The van der Waals surface area contributed by atoms with Gasteiger partial charge in [0.2, 0.25) is 5.78 Å². The smallest absolute Gasteiger partial charge is 0.205 e. The second-order valence-electron chi connectivity index (χ2n) is 4.10. The number of rotatable bonds is 4. The van der Waals surface area contributed by atoms with Gasteiger partial charge in [-0.2, -0.15) is 0 Å². The lowest BCUT2D eigenvalue weighted by atomic mass is 9.80. The standard InChI is InChI=1S/C12H14O3/c1-8-5-6-12(15-8)11(14)7-10(13)9-3-2-4-9/h5-6,9H,2-4,7H2,1H3. The fourth-order valence-corrected chi connectivity index (χ4v) is 1.70. The Balaban J connectivity index is 1.94. The van der Waals surface area contributed by atoms with Crippen molar-refractivity contribution < 1.29 is 14.0 Å². The van der Waals surface area contributed by atoms with E-state index in [2.05, 4.69) is 0 Å². The number of Topliss-reactive ketones (excluding diaryl/α,β-unsaturated/α-hetero) is 2. The lowest BCUT2D eigenvalue weighted by Crippen LogP contribution is -2.24. The number of aryl methyl sites for hydroxylation is 1. The lowest BCUT2D eigenvalue weighted by molar-refractivity contribution is -0.124. The van der Waals surface area contributed by atoms with Crippen LogP contribution in [0, 0.1) is 12.8 Å². The molecule has 0 spiro atoms. The van der Waals surface area contributed by atoms with Gasteiger partial charge >= 0.3 is 0 Å². The van der Waals surface area contributed by atoms with E-state index in [0.717, 1.165) is 19.3 Å². The predicted molar refractivity (Wildman–Crippen MR) is 54.7 cm³/mol. The third-order valence-electron chi connectivity index (χ3n) is 2.91. The fourth-order valence-electron chi connectivity index (χ4n) is 1.70. The minimum absolute atomic E-state index is 0.00236. The molecule has 1 heterocycles. The molecule has 15 heavy (non-hydrogen) atoms.